The van der Waals surface area contributed by atoms with Gasteiger partial charge in [-0.3, -0.25) is 4.79 Å². The van der Waals surface area contributed by atoms with Gasteiger partial charge in [0.2, 0.25) is 0 Å². The van der Waals surface area contributed by atoms with E-state index in [2.05, 4.69) is 12.2 Å². The van der Waals surface area contributed by atoms with Crippen LogP contribution in [-0.2, 0) is 20.9 Å². The minimum Gasteiger partial charge on any atom is -0.478 e. The first-order chi connectivity index (χ1) is 18.5. The molecule has 11 heteroatoms. The predicted molar refractivity (Wildman–Crippen MR) is 152 cm³/mol. The Morgan fingerprint density at radius 2 is 1.54 bits per heavy atom. The van der Waals surface area contributed by atoms with Gasteiger partial charge in [0, 0.05) is 27.8 Å². The van der Waals surface area contributed by atoms with E-state index in [1.807, 2.05) is 24.3 Å². The summed E-state index contributed by atoms with van der Waals surface area (Å²) < 4.78 is 10.8. The van der Waals surface area contributed by atoms with Gasteiger partial charge in [0.15, 0.2) is 6.29 Å². The fraction of sp³-hybridized carbons (Fsp3) is 0.286. The SMILES string of the molecule is CC1C(CSc2ccc(C(=O)O)cc2)OC(c2ccc(NC(=O)C(Cl)(Cl)Cl)cc2)OC1c1ccc(CO)cc1. The number of aromatic carboxylic acids is 1. The van der Waals surface area contributed by atoms with Crippen LogP contribution in [0.15, 0.2) is 77.7 Å². The van der Waals surface area contributed by atoms with Gasteiger partial charge in [-0.1, -0.05) is 78.1 Å². The van der Waals surface area contributed by atoms with E-state index in [0.29, 0.717) is 11.4 Å². The highest BCUT2D eigenvalue weighted by Gasteiger charge is 2.38. The van der Waals surface area contributed by atoms with Crippen LogP contribution in [0.1, 0.15) is 46.4 Å². The van der Waals surface area contributed by atoms with Gasteiger partial charge in [-0.05, 0) is 47.5 Å². The number of aliphatic hydroxyl groups excluding tert-OH is 1. The van der Waals surface area contributed by atoms with Gasteiger partial charge in [-0.2, -0.15) is 0 Å². The number of benzene rings is 3. The van der Waals surface area contributed by atoms with Crippen molar-refractivity contribution in [1.29, 1.82) is 0 Å². The van der Waals surface area contributed by atoms with Crippen molar-refractivity contribution in [1.82, 2.24) is 0 Å². The van der Waals surface area contributed by atoms with Crippen LogP contribution in [-0.4, -0.2) is 37.7 Å². The minimum atomic E-state index is -2.08. The van der Waals surface area contributed by atoms with Gasteiger partial charge in [0.05, 0.1) is 24.4 Å². The number of rotatable bonds is 8. The molecule has 4 unspecified atom stereocenters. The van der Waals surface area contributed by atoms with E-state index in [-0.39, 0.29) is 30.3 Å². The first kappa shape index (κ1) is 29.7. The molecule has 0 bridgehead atoms. The summed E-state index contributed by atoms with van der Waals surface area (Å²) >= 11 is 18.5. The summed E-state index contributed by atoms with van der Waals surface area (Å²) in [5.74, 6) is -1.14. The predicted octanol–water partition coefficient (Wildman–Crippen LogP) is 6.77. The molecule has 7 nitrogen and oxygen atoms in total. The highest BCUT2D eigenvalue weighted by molar-refractivity contribution is 7.99. The number of thioether (sulfide) groups is 1. The summed E-state index contributed by atoms with van der Waals surface area (Å²) in [5, 5.41) is 21.1. The van der Waals surface area contributed by atoms with E-state index in [0.717, 1.165) is 21.6 Å². The Hall–Kier alpha value is -2.30. The molecule has 39 heavy (non-hydrogen) atoms. The second-order valence-corrected chi connectivity index (χ2v) is 12.4. The van der Waals surface area contributed by atoms with Crippen LogP contribution in [0, 0.1) is 5.92 Å². The van der Waals surface area contributed by atoms with Gasteiger partial charge in [-0.15, -0.1) is 11.8 Å². The van der Waals surface area contributed by atoms with Crippen LogP contribution in [0.4, 0.5) is 5.69 Å². The number of carboxylic acid groups (broad SMARTS) is 1. The number of nitrogens with one attached hydrogen (secondary N) is 1. The van der Waals surface area contributed by atoms with E-state index in [9.17, 15) is 14.7 Å². The Morgan fingerprint density at radius 3 is 2.10 bits per heavy atom. The number of aliphatic hydroxyl groups is 1. The van der Waals surface area contributed by atoms with Crippen molar-refractivity contribution in [3.63, 3.8) is 0 Å². The number of halogens is 3. The van der Waals surface area contributed by atoms with Crippen molar-refractivity contribution in [2.45, 2.75) is 40.7 Å². The number of hydrogen-bond donors (Lipinski definition) is 3. The van der Waals surface area contributed by atoms with Gasteiger partial charge < -0.3 is 25.0 Å². The summed E-state index contributed by atoms with van der Waals surface area (Å²) in [6, 6.07) is 21.2. The zero-order valence-corrected chi connectivity index (χ0v) is 23.8. The zero-order valence-electron chi connectivity index (χ0n) is 20.7. The minimum absolute atomic E-state index is 0.0186. The van der Waals surface area contributed by atoms with Gasteiger partial charge >= 0.3 is 5.97 Å². The molecule has 4 atom stereocenters. The van der Waals surface area contributed by atoms with Crippen LogP contribution < -0.4 is 5.32 Å². The molecular formula is C28H26Cl3NO6S. The van der Waals surface area contributed by atoms with Crippen LogP contribution in [0.2, 0.25) is 0 Å². The van der Waals surface area contributed by atoms with Gasteiger partial charge in [-0.25, -0.2) is 4.79 Å². The lowest BCUT2D eigenvalue weighted by Crippen LogP contribution is -2.38. The maximum Gasteiger partial charge on any atom is 0.335 e. The number of hydrogen-bond acceptors (Lipinski definition) is 6. The highest BCUT2D eigenvalue weighted by atomic mass is 35.6. The van der Waals surface area contributed by atoms with E-state index in [1.54, 1.807) is 60.3 Å². The standard InChI is InChI=1S/C28H26Cl3NO6S/c1-16-23(15-39-22-12-8-19(9-13-22)25(34)35)37-26(38-24(16)18-4-2-17(14-33)3-5-18)20-6-10-21(11-7-20)32-27(36)28(29,30)31/h2-13,16,23-24,26,33H,14-15H2,1H3,(H,32,36)(H,34,35). The van der Waals surface area contributed by atoms with E-state index in [4.69, 9.17) is 49.4 Å². The molecule has 0 aromatic heterocycles. The van der Waals surface area contributed by atoms with Crippen molar-refractivity contribution in [2.75, 3.05) is 11.1 Å². The van der Waals surface area contributed by atoms with E-state index < -0.39 is 22.0 Å². The monoisotopic (exact) mass is 609 g/mol. The van der Waals surface area contributed by atoms with Crippen LogP contribution in [0.25, 0.3) is 0 Å². The van der Waals surface area contributed by atoms with Gasteiger partial charge in [0.1, 0.15) is 0 Å². The van der Waals surface area contributed by atoms with Crippen LogP contribution in [0.3, 0.4) is 0 Å². The van der Waals surface area contributed by atoms with Crippen molar-refractivity contribution >= 4 is 64.1 Å². The lowest BCUT2D eigenvalue weighted by molar-refractivity contribution is -0.268. The van der Waals surface area contributed by atoms with E-state index >= 15 is 0 Å². The molecule has 1 aliphatic rings. The number of anilines is 1. The number of carbonyl (C=O) groups excluding carboxylic acids is 1. The Kier molecular flexibility index (Phi) is 9.82. The summed E-state index contributed by atoms with van der Waals surface area (Å²) in [5.41, 5.74) is 3.19. The molecule has 206 valence electrons. The van der Waals surface area contributed by atoms with Crippen LogP contribution >= 0.6 is 46.6 Å². The molecule has 1 fully saturated rings. The first-order valence-corrected chi connectivity index (χ1v) is 14.1. The molecule has 4 rings (SSSR count). The average molecular weight is 611 g/mol. The maximum atomic E-state index is 12.0. The summed E-state index contributed by atoms with van der Waals surface area (Å²) in [6.45, 7) is 2.02. The fourth-order valence-corrected chi connectivity index (χ4v) is 5.32. The fourth-order valence-electron chi connectivity index (χ4n) is 4.11. The molecule has 1 aliphatic heterocycles. The average Bonchev–Trinajstić information content (AvgIpc) is 2.92. The Bertz CT molecular complexity index is 1280. The third kappa shape index (κ3) is 7.67. The molecular weight excluding hydrogens is 585 g/mol. The summed E-state index contributed by atoms with van der Waals surface area (Å²) in [4.78, 5) is 24.1. The molecule has 3 aromatic rings. The molecule has 1 amide bonds. The summed E-state index contributed by atoms with van der Waals surface area (Å²) in [7, 11) is 0. The van der Waals surface area contributed by atoms with Crippen molar-refractivity contribution in [3.05, 3.63) is 95.1 Å². The first-order valence-electron chi connectivity index (χ1n) is 12.0. The number of carboxylic acids is 1. The number of alkyl halides is 3. The molecule has 0 spiro atoms. The maximum absolute atomic E-state index is 12.0. The second kappa shape index (κ2) is 12.9. The third-order valence-corrected chi connectivity index (χ3v) is 7.95. The van der Waals surface area contributed by atoms with E-state index in [1.165, 1.54) is 0 Å². The highest BCUT2D eigenvalue weighted by Crippen LogP contribution is 2.43. The molecule has 0 radical (unpaired) electrons. The van der Waals surface area contributed by atoms with Gasteiger partial charge in [0.25, 0.3) is 9.70 Å². The zero-order chi connectivity index (χ0) is 28.2. The molecule has 1 saturated heterocycles. The Balaban J connectivity index is 1.54. The van der Waals surface area contributed by atoms with Crippen molar-refractivity contribution in [2.24, 2.45) is 5.92 Å². The lowest BCUT2D eigenvalue weighted by Gasteiger charge is -2.41. The van der Waals surface area contributed by atoms with Crippen molar-refractivity contribution < 1.29 is 29.3 Å². The lowest BCUT2D eigenvalue weighted by atomic mass is 9.91. The molecule has 3 aromatic carbocycles. The molecule has 3 N–H and O–H groups in total. The third-order valence-electron chi connectivity index (χ3n) is 6.34. The normalized spacial score (nSPS) is 21.4. The smallest absolute Gasteiger partial charge is 0.335 e. The number of carbonyl (C=O) groups is 2. The van der Waals surface area contributed by atoms with Crippen molar-refractivity contribution in [3.8, 4) is 0 Å². The number of amides is 1. The quantitative estimate of drug-likeness (QED) is 0.191. The summed E-state index contributed by atoms with van der Waals surface area (Å²) in [6.07, 6.45) is -1.19. The van der Waals surface area contributed by atoms with Crippen LogP contribution in [0.5, 0.6) is 0 Å². The molecule has 0 saturated carbocycles. The second-order valence-electron chi connectivity index (χ2n) is 9.04. The topological polar surface area (TPSA) is 105 Å². The number of ether oxygens (including phenoxy) is 2. The Morgan fingerprint density at radius 1 is 0.923 bits per heavy atom. The largest absolute Gasteiger partial charge is 0.478 e. The Labute approximate surface area is 245 Å². The molecule has 1 heterocycles. The molecule has 0 aliphatic carbocycles.